The minimum Gasteiger partial charge on any atom is -0.351 e. The van der Waals surface area contributed by atoms with Crippen LogP contribution in [0.1, 0.15) is 36.1 Å². The summed E-state index contributed by atoms with van der Waals surface area (Å²) < 4.78 is 82.7. The summed E-state index contributed by atoms with van der Waals surface area (Å²) >= 11 is 6.18. The van der Waals surface area contributed by atoms with Crippen LogP contribution in [0, 0.1) is 5.82 Å². The van der Waals surface area contributed by atoms with Gasteiger partial charge in [0.25, 0.3) is 10.0 Å². The molecule has 38 heavy (non-hydrogen) atoms. The van der Waals surface area contributed by atoms with Gasteiger partial charge in [0.2, 0.25) is 5.91 Å². The van der Waals surface area contributed by atoms with Crippen molar-refractivity contribution in [2.24, 2.45) is 0 Å². The van der Waals surface area contributed by atoms with Gasteiger partial charge in [0.1, 0.15) is 5.82 Å². The van der Waals surface area contributed by atoms with Crippen LogP contribution in [-0.2, 0) is 27.4 Å². The van der Waals surface area contributed by atoms with Gasteiger partial charge < -0.3 is 5.32 Å². The summed E-state index contributed by atoms with van der Waals surface area (Å²) in [5.41, 5.74) is 0.957. The van der Waals surface area contributed by atoms with E-state index < -0.39 is 38.5 Å². The SMILES string of the molecule is CC(=O)N[C@@H]1Cc2ccc(/C=C(\C)c3c(F)cccc3Cl)cc2N(S(=O)(=O)c2cccc(C(F)(F)F)c2)C1. The Morgan fingerprint density at radius 2 is 1.79 bits per heavy atom. The van der Waals surface area contributed by atoms with Crippen molar-refractivity contribution in [2.75, 3.05) is 10.8 Å². The van der Waals surface area contributed by atoms with Gasteiger partial charge >= 0.3 is 6.18 Å². The van der Waals surface area contributed by atoms with Crippen LogP contribution in [0.2, 0.25) is 5.02 Å². The van der Waals surface area contributed by atoms with Gasteiger partial charge in [-0.25, -0.2) is 12.8 Å². The fraction of sp³-hybridized carbons (Fsp3) is 0.222. The van der Waals surface area contributed by atoms with E-state index in [9.17, 15) is 30.8 Å². The van der Waals surface area contributed by atoms with Crippen molar-refractivity contribution < 1.29 is 30.8 Å². The fourth-order valence-electron chi connectivity index (χ4n) is 4.47. The number of carbonyl (C=O) groups excluding carboxylic acids is 1. The van der Waals surface area contributed by atoms with Gasteiger partial charge in [-0.1, -0.05) is 41.9 Å². The molecule has 3 aromatic rings. The van der Waals surface area contributed by atoms with Gasteiger partial charge in [-0.05, 0) is 66.4 Å². The molecule has 0 saturated heterocycles. The third-order valence-corrected chi connectivity index (χ3v) is 8.22. The molecule has 5 nitrogen and oxygen atoms in total. The van der Waals surface area contributed by atoms with Crippen molar-refractivity contribution in [1.29, 1.82) is 0 Å². The molecule has 1 aliphatic rings. The lowest BCUT2D eigenvalue weighted by Crippen LogP contribution is -2.49. The quantitative estimate of drug-likeness (QED) is 0.290. The highest BCUT2D eigenvalue weighted by Crippen LogP contribution is 2.36. The van der Waals surface area contributed by atoms with Crippen molar-refractivity contribution in [3.63, 3.8) is 0 Å². The zero-order valence-corrected chi connectivity index (χ0v) is 21.9. The molecule has 1 atom stereocenters. The molecule has 0 fully saturated rings. The van der Waals surface area contributed by atoms with Crippen LogP contribution in [-0.4, -0.2) is 26.9 Å². The molecule has 0 aliphatic carbocycles. The summed E-state index contributed by atoms with van der Waals surface area (Å²) in [7, 11) is -4.46. The molecule has 11 heteroatoms. The van der Waals surface area contributed by atoms with Gasteiger partial charge in [-0.2, -0.15) is 13.2 Å². The number of carbonyl (C=O) groups is 1. The maximum absolute atomic E-state index is 14.4. The second-order valence-electron chi connectivity index (χ2n) is 8.98. The summed E-state index contributed by atoms with van der Waals surface area (Å²) in [6.07, 6.45) is -2.78. The zero-order chi connectivity index (χ0) is 27.8. The molecule has 0 spiro atoms. The molecular weight excluding hydrogens is 544 g/mol. The Bertz CT molecular complexity index is 1520. The third kappa shape index (κ3) is 5.71. The van der Waals surface area contributed by atoms with Crippen molar-refractivity contribution in [1.82, 2.24) is 5.32 Å². The minimum atomic E-state index is -4.73. The molecule has 0 saturated carbocycles. The van der Waals surface area contributed by atoms with Gasteiger partial charge in [-0.15, -0.1) is 0 Å². The van der Waals surface area contributed by atoms with Gasteiger partial charge in [0.15, 0.2) is 0 Å². The number of halogens is 5. The molecule has 200 valence electrons. The number of hydrogen-bond donors (Lipinski definition) is 1. The number of amides is 1. The highest BCUT2D eigenvalue weighted by molar-refractivity contribution is 7.92. The fourth-order valence-corrected chi connectivity index (χ4v) is 6.37. The van der Waals surface area contributed by atoms with Crippen molar-refractivity contribution in [3.05, 3.63) is 93.8 Å². The van der Waals surface area contributed by atoms with E-state index in [1.807, 2.05) is 0 Å². The normalized spacial score (nSPS) is 16.2. The Kier molecular flexibility index (Phi) is 7.58. The molecule has 1 heterocycles. The van der Waals surface area contributed by atoms with E-state index in [0.717, 1.165) is 22.5 Å². The summed E-state index contributed by atoms with van der Waals surface area (Å²) in [6.45, 7) is 2.77. The number of hydrogen-bond acceptors (Lipinski definition) is 3. The number of rotatable bonds is 5. The molecule has 0 aromatic heterocycles. The molecule has 1 amide bonds. The predicted octanol–water partition coefficient (Wildman–Crippen LogP) is 6.31. The number of nitrogens with one attached hydrogen (secondary N) is 1. The van der Waals surface area contributed by atoms with Crippen LogP contribution in [0.3, 0.4) is 0 Å². The van der Waals surface area contributed by atoms with Gasteiger partial charge in [-0.3, -0.25) is 9.10 Å². The number of nitrogens with zero attached hydrogens (tertiary/aromatic N) is 1. The van der Waals surface area contributed by atoms with Crippen LogP contribution in [0.4, 0.5) is 23.2 Å². The first-order valence-electron chi connectivity index (χ1n) is 11.5. The highest BCUT2D eigenvalue weighted by Gasteiger charge is 2.36. The third-order valence-electron chi connectivity index (χ3n) is 6.13. The van der Waals surface area contributed by atoms with Crippen LogP contribution in [0.15, 0.2) is 65.6 Å². The Labute approximate surface area is 222 Å². The largest absolute Gasteiger partial charge is 0.416 e. The second kappa shape index (κ2) is 10.4. The lowest BCUT2D eigenvalue weighted by molar-refractivity contribution is -0.137. The zero-order valence-electron chi connectivity index (χ0n) is 20.3. The smallest absolute Gasteiger partial charge is 0.351 e. The van der Waals surface area contributed by atoms with Gasteiger partial charge in [0.05, 0.1) is 33.8 Å². The topological polar surface area (TPSA) is 66.5 Å². The Morgan fingerprint density at radius 3 is 2.45 bits per heavy atom. The first-order chi connectivity index (χ1) is 17.8. The van der Waals surface area contributed by atoms with Gasteiger partial charge in [0, 0.05) is 12.5 Å². The summed E-state index contributed by atoms with van der Waals surface area (Å²) in [6, 6.07) is 12.2. The first kappa shape index (κ1) is 27.7. The summed E-state index contributed by atoms with van der Waals surface area (Å²) in [5, 5.41) is 2.91. The average Bonchev–Trinajstić information content (AvgIpc) is 2.83. The van der Waals surface area contributed by atoms with E-state index in [-0.39, 0.29) is 28.7 Å². The summed E-state index contributed by atoms with van der Waals surface area (Å²) in [5.74, 6) is -0.886. The second-order valence-corrected chi connectivity index (χ2v) is 11.2. The predicted molar refractivity (Wildman–Crippen MR) is 139 cm³/mol. The standard InChI is InChI=1S/C27H23ClF4N2O3S/c1-16(26-23(28)7-4-8-24(26)29)11-18-9-10-19-13-21(33-17(2)35)15-34(25(19)12-18)38(36,37)22-6-3-5-20(14-22)27(30,31)32/h3-12,14,21H,13,15H2,1-2H3,(H,33,35)/b16-11+/t21-/m1/s1. The monoisotopic (exact) mass is 566 g/mol. The van der Waals surface area contributed by atoms with E-state index in [2.05, 4.69) is 5.32 Å². The molecule has 0 bridgehead atoms. The van der Waals surface area contributed by atoms with Crippen molar-refractivity contribution >= 4 is 44.9 Å². The molecule has 1 aliphatic heterocycles. The molecule has 4 rings (SSSR count). The summed E-state index contributed by atoms with van der Waals surface area (Å²) in [4.78, 5) is 11.2. The van der Waals surface area contributed by atoms with Crippen LogP contribution in [0.25, 0.3) is 11.6 Å². The van der Waals surface area contributed by atoms with E-state index in [0.29, 0.717) is 29.2 Å². The maximum atomic E-state index is 14.4. The Hall–Kier alpha value is -3.37. The van der Waals surface area contributed by atoms with Crippen LogP contribution in [0.5, 0.6) is 0 Å². The Balaban J connectivity index is 1.82. The van der Waals surface area contributed by atoms with E-state index in [4.69, 9.17) is 11.6 Å². The molecule has 0 radical (unpaired) electrons. The number of allylic oxidation sites excluding steroid dienone is 1. The number of alkyl halides is 3. The number of anilines is 1. The number of sulfonamides is 1. The van der Waals surface area contributed by atoms with E-state index >= 15 is 0 Å². The van der Waals surface area contributed by atoms with E-state index in [1.54, 1.807) is 37.3 Å². The number of benzene rings is 3. The van der Waals surface area contributed by atoms with Crippen LogP contribution < -0.4 is 9.62 Å². The van der Waals surface area contributed by atoms with Crippen molar-refractivity contribution in [2.45, 2.75) is 37.4 Å². The van der Waals surface area contributed by atoms with Crippen LogP contribution >= 0.6 is 11.6 Å². The number of fused-ring (bicyclic) bond motifs is 1. The lowest BCUT2D eigenvalue weighted by Gasteiger charge is -2.35. The molecule has 0 unspecified atom stereocenters. The average molecular weight is 567 g/mol. The molecular formula is C27H23ClF4N2O3S. The van der Waals surface area contributed by atoms with Crippen molar-refractivity contribution in [3.8, 4) is 0 Å². The molecule has 3 aromatic carbocycles. The maximum Gasteiger partial charge on any atom is 0.416 e. The lowest BCUT2D eigenvalue weighted by atomic mass is 9.96. The Morgan fingerprint density at radius 1 is 1.08 bits per heavy atom. The highest BCUT2D eigenvalue weighted by atomic mass is 35.5. The molecule has 1 N–H and O–H groups in total. The first-order valence-corrected chi connectivity index (χ1v) is 13.3. The van der Waals surface area contributed by atoms with E-state index in [1.165, 1.54) is 19.1 Å². The minimum absolute atomic E-state index is 0.184.